The highest BCUT2D eigenvalue weighted by Gasteiger charge is 2.27. The van der Waals surface area contributed by atoms with Crippen molar-refractivity contribution < 1.29 is 5.11 Å². The number of nitrogens with zero attached hydrogens (tertiary/aromatic N) is 4. The molecule has 1 aromatic heterocycles. The molecule has 0 amide bonds. The number of aliphatic hydroxyl groups excluding tert-OH is 1. The summed E-state index contributed by atoms with van der Waals surface area (Å²) in [5, 5.41) is 14.1. The molecule has 0 saturated carbocycles. The molecule has 1 fully saturated rings. The number of aryl methyl sites for hydroxylation is 1. The molecule has 29 heavy (non-hydrogen) atoms. The number of rotatable bonds is 7. The second-order valence-electron chi connectivity index (χ2n) is 7.93. The van der Waals surface area contributed by atoms with E-state index in [0.717, 1.165) is 44.8 Å². The highest BCUT2D eigenvalue weighted by atomic mass is 16.3. The fourth-order valence-electron chi connectivity index (χ4n) is 4.16. The fraction of sp³-hybridized carbons (Fsp3) is 0.375. The van der Waals surface area contributed by atoms with Gasteiger partial charge in [-0.05, 0) is 36.6 Å². The molecular formula is C24H30N4O. The number of piperazine rings is 1. The Labute approximate surface area is 173 Å². The molecule has 1 aliphatic heterocycles. The predicted molar refractivity (Wildman–Crippen MR) is 116 cm³/mol. The molecule has 0 aliphatic carbocycles. The minimum absolute atomic E-state index is 0.231. The first-order chi connectivity index (χ1) is 14.2. The molecule has 4 rings (SSSR count). The lowest BCUT2D eigenvalue weighted by Crippen LogP contribution is -2.52. The molecule has 1 aliphatic rings. The summed E-state index contributed by atoms with van der Waals surface area (Å²) >= 11 is 0. The summed E-state index contributed by atoms with van der Waals surface area (Å²) in [5.74, 6) is 0. The average molecular weight is 391 g/mol. The van der Waals surface area contributed by atoms with E-state index in [9.17, 15) is 5.11 Å². The number of hydrogen-bond acceptors (Lipinski definition) is 4. The molecule has 0 radical (unpaired) electrons. The second kappa shape index (κ2) is 9.35. The molecule has 0 bridgehead atoms. The Bertz CT molecular complexity index is 908. The van der Waals surface area contributed by atoms with Gasteiger partial charge in [-0.2, -0.15) is 5.10 Å². The van der Waals surface area contributed by atoms with Crippen LogP contribution in [-0.4, -0.2) is 57.0 Å². The van der Waals surface area contributed by atoms with E-state index >= 15 is 0 Å². The van der Waals surface area contributed by atoms with Crippen molar-refractivity contribution in [3.8, 4) is 5.69 Å². The zero-order valence-corrected chi connectivity index (χ0v) is 17.1. The van der Waals surface area contributed by atoms with E-state index in [4.69, 9.17) is 0 Å². The van der Waals surface area contributed by atoms with Crippen LogP contribution >= 0.6 is 0 Å². The summed E-state index contributed by atoms with van der Waals surface area (Å²) < 4.78 is 1.94. The molecule has 0 spiro atoms. The molecular weight excluding hydrogens is 360 g/mol. The quantitative estimate of drug-likeness (QED) is 0.673. The third kappa shape index (κ3) is 4.93. The molecule has 1 atom stereocenters. The van der Waals surface area contributed by atoms with E-state index in [1.165, 1.54) is 16.7 Å². The maximum Gasteiger partial charge on any atom is 0.0645 e. The van der Waals surface area contributed by atoms with Gasteiger partial charge in [0.05, 0.1) is 11.9 Å². The Morgan fingerprint density at radius 2 is 1.79 bits per heavy atom. The Hall–Kier alpha value is -2.47. The SMILES string of the molecule is Cc1ccccc1CN1CCN(Cc2cnn(-c3ccccc3)c2)CC1CCO. The molecule has 3 aromatic rings. The highest BCUT2D eigenvalue weighted by molar-refractivity contribution is 5.31. The van der Waals surface area contributed by atoms with Gasteiger partial charge in [0, 0.05) is 57.1 Å². The van der Waals surface area contributed by atoms with Crippen LogP contribution in [0.25, 0.3) is 5.69 Å². The van der Waals surface area contributed by atoms with Gasteiger partial charge in [-0.1, -0.05) is 42.5 Å². The van der Waals surface area contributed by atoms with Crippen LogP contribution in [0.3, 0.4) is 0 Å². The summed E-state index contributed by atoms with van der Waals surface area (Å²) in [5.41, 5.74) is 5.03. The van der Waals surface area contributed by atoms with E-state index in [0.29, 0.717) is 6.04 Å². The van der Waals surface area contributed by atoms with Crippen molar-refractivity contribution in [2.24, 2.45) is 0 Å². The Kier molecular flexibility index (Phi) is 6.39. The van der Waals surface area contributed by atoms with Crippen molar-refractivity contribution in [3.05, 3.63) is 83.7 Å². The van der Waals surface area contributed by atoms with Crippen molar-refractivity contribution >= 4 is 0 Å². The molecule has 5 nitrogen and oxygen atoms in total. The summed E-state index contributed by atoms with van der Waals surface area (Å²) in [6, 6.07) is 19.2. The lowest BCUT2D eigenvalue weighted by atomic mass is 10.0. The maximum atomic E-state index is 9.60. The number of para-hydroxylation sites is 1. The van der Waals surface area contributed by atoms with Crippen LogP contribution in [0.1, 0.15) is 23.1 Å². The molecule has 2 aromatic carbocycles. The fourth-order valence-corrected chi connectivity index (χ4v) is 4.16. The summed E-state index contributed by atoms with van der Waals surface area (Å²) in [4.78, 5) is 5.02. The number of aliphatic hydroxyl groups is 1. The van der Waals surface area contributed by atoms with Gasteiger partial charge in [-0.3, -0.25) is 9.80 Å². The van der Waals surface area contributed by atoms with Crippen LogP contribution in [0, 0.1) is 6.92 Å². The van der Waals surface area contributed by atoms with Crippen molar-refractivity contribution in [1.29, 1.82) is 0 Å². The van der Waals surface area contributed by atoms with Gasteiger partial charge in [-0.25, -0.2) is 4.68 Å². The van der Waals surface area contributed by atoms with Crippen molar-refractivity contribution in [2.75, 3.05) is 26.2 Å². The lowest BCUT2D eigenvalue weighted by molar-refractivity contribution is 0.0498. The first kappa shape index (κ1) is 19.8. The topological polar surface area (TPSA) is 44.5 Å². The minimum atomic E-state index is 0.231. The average Bonchev–Trinajstić information content (AvgIpc) is 3.21. The van der Waals surface area contributed by atoms with Crippen LogP contribution in [0.5, 0.6) is 0 Å². The second-order valence-corrected chi connectivity index (χ2v) is 7.93. The zero-order chi connectivity index (χ0) is 20.1. The number of benzene rings is 2. The monoisotopic (exact) mass is 390 g/mol. The smallest absolute Gasteiger partial charge is 0.0645 e. The standard InChI is InChI=1S/C24H30N4O/c1-20-7-5-6-8-22(20)18-27-13-12-26(19-24(27)11-14-29)16-21-15-25-28(17-21)23-9-3-2-4-10-23/h2-10,15,17,24,29H,11-14,16,18-19H2,1H3. The summed E-state index contributed by atoms with van der Waals surface area (Å²) in [6.45, 7) is 7.29. The number of aromatic nitrogens is 2. The van der Waals surface area contributed by atoms with E-state index in [2.05, 4.69) is 64.4 Å². The Morgan fingerprint density at radius 3 is 2.59 bits per heavy atom. The third-order valence-electron chi connectivity index (χ3n) is 5.85. The van der Waals surface area contributed by atoms with Crippen molar-refractivity contribution in [3.63, 3.8) is 0 Å². The van der Waals surface area contributed by atoms with Gasteiger partial charge in [0.1, 0.15) is 0 Å². The van der Waals surface area contributed by atoms with E-state index in [1.807, 2.05) is 29.1 Å². The highest BCUT2D eigenvalue weighted by Crippen LogP contribution is 2.20. The largest absolute Gasteiger partial charge is 0.396 e. The van der Waals surface area contributed by atoms with E-state index in [1.54, 1.807) is 0 Å². The van der Waals surface area contributed by atoms with Crippen LogP contribution in [0.4, 0.5) is 0 Å². The van der Waals surface area contributed by atoms with Crippen LogP contribution < -0.4 is 0 Å². The van der Waals surface area contributed by atoms with Crippen molar-refractivity contribution in [1.82, 2.24) is 19.6 Å². The first-order valence-electron chi connectivity index (χ1n) is 10.4. The van der Waals surface area contributed by atoms with E-state index in [-0.39, 0.29) is 6.61 Å². The van der Waals surface area contributed by atoms with Gasteiger partial charge in [0.2, 0.25) is 0 Å². The van der Waals surface area contributed by atoms with Crippen molar-refractivity contribution in [2.45, 2.75) is 32.5 Å². The normalized spacial score (nSPS) is 18.2. The Balaban J connectivity index is 1.40. The van der Waals surface area contributed by atoms with Gasteiger partial charge in [0.25, 0.3) is 0 Å². The molecule has 1 saturated heterocycles. The van der Waals surface area contributed by atoms with Crippen LogP contribution in [-0.2, 0) is 13.1 Å². The first-order valence-corrected chi connectivity index (χ1v) is 10.4. The van der Waals surface area contributed by atoms with Gasteiger partial charge >= 0.3 is 0 Å². The third-order valence-corrected chi connectivity index (χ3v) is 5.85. The van der Waals surface area contributed by atoms with Gasteiger partial charge < -0.3 is 5.11 Å². The summed E-state index contributed by atoms with van der Waals surface area (Å²) in [6.07, 6.45) is 4.90. The van der Waals surface area contributed by atoms with Crippen LogP contribution in [0.2, 0.25) is 0 Å². The van der Waals surface area contributed by atoms with Gasteiger partial charge in [-0.15, -0.1) is 0 Å². The van der Waals surface area contributed by atoms with Crippen LogP contribution in [0.15, 0.2) is 67.0 Å². The molecule has 2 heterocycles. The van der Waals surface area contributed by atoms with E-state index < -0.39 is 0 Å². The zero-order valence-electron chi connectivity index (χ0n) is 17.1. The minimum Gasteiger partial charge on any atom is -0.396 e. The Morgan fingerprint density at radius 1 is 1.00 bits per heavy atom. The molecule has 152 valence electrons. The predicted octanol–water partition coefficient (Wildman–Crippen LogP) is 3.25. The number of hydrogen-bond donors (Lipinski definition) is 1. The molecule has 5 heteroatoms. The molecule has 1 unspecified atom stereocenters. The van der Waals surface area contributed by atoms with Gasteiger partial charge in [0.15, 0.2) is 0 Å². The summed E-state index contributed by atoms with van der Waals surface area (Å²) in [7, 11) is 0. The maximum absolute atomic E-state index is 9.60. The molecule has 1 N–H and O–H groups in total. The lowest BCUT2D eigenvalue weighted by Gasteiger charge is -2.41.